The molecule has 1 atom stereocenters. The Morgan fingerprint density at radius 3 is 2.50 bits per heavy atom. The zero-order valence-corrected chi connectivity index (χ0v) is 16.5. The van der Waals surface area contributed by atoms with E-state index < -0.39 is 10.5 Å². The first-order chi connectivity index (χ1) is 11.8. The van der Waals surface area contributed by atoms with E-state index in [2.05, 4.69) is 19.2 Å². The second kappa shape index (κ2) is 9.19. The molecule has 0 aromatic heterocycles. The Hall–Kier alpha value is -1.86. The van der Waals surface area contributed by atoms with Crippen molar-refractivity contribution in [2.24, 2.45) is 11.7 Å². The fraction of sp³-hybridized carbons (Fsp3) is 0.611. The molecule has 1 unspecified atom stereocenters. The van der Waals surface area contributed by atoms with Crippen molar-refractivity contribution >= 4 is 29.7 Å². The lowest BCUT2D eigenvalue weighted by molar-refractivity contribution is -0.384. The molecule has 1 saturated heterocycles. The number of nitrogens with zero attached hydrogens (tertiary/aromatic N) is 2. The zero-order chi connectivity index (χ0) is 18.6. The molecular weight excluding hydrogens is 356 g/mol. The van der Waals surface area contributed by atoms with E-state index in [-0.39, 0.29) is 29.6 Å². The summed E-state index contributed by atoms with van der Waals surface area (Å²) in [4.78, 5) is 25.7. The number of anilines is 1. The van der Waals surface area contributed by atoms with Gasteiger partial charge in [0.2, 0.25) is 0 Å². The Balaban J connectivity index is 0.00000338. The van der Waals surface area contributed by atoms with Crippen molar-refractivity contribution in [1.82, 2.24) is 5.32 Å². The monoisotopic (exact) mass is 384 g/mol. The number of benzene rings is 1. The van der Waals surface area contributed by atoms with Crippen LogP contribution in [0.1, 0.15) is 50.4 Å². The van der Waals surface area contributed by atoms with Crippen molar-refractivity contribution in [3.8, 4) is 0 Å². The standard InChI is InChI=1S/C18H28N4O3.ClH/c1-13(2)11-18(3,12-19)20-17(23)14-6-7-15(16(10-14)22(24)25)21-8-4-5-9-21;/h6-7,10,13H,4-5,8-9,11-12,19H2,1-3H3,(H,20,23);1H. The third-order valence-corrected chi connectivity index (χ3v) is 4.61. The van der Waals surface area contributed by atoms with Crippen molar-refractivity contribution in [2.75, 3.05) is 24.5 Å². The minimum atomic E-state index is -0.534. The Bertz CT molecular complexity index is 647. The van der Waals surface area contributed by atoms with Crippen LogP contribution in [-0.2, 0) is 0 Å². The van der Waals surface area contributed by atoms with Crippen LogP contribution in [0.2, 0.25) is 0 Å². The molecule has 8 heteroatoms. The van der Waals surface area contributed by atoms with Crippen LogP contribution in [0, 0.1) is 16.0 Å². The molecule has 26 heavy (non-hydrogen) atoms. The molecule has 1 fully saturated rings. The summed E-state index contributed by atoms with van der Waals surface area (Å²) in [5.74, 6) is 0.0467. The van der Waals surface area contributed by atoms with Gasteiger partial charge in [0.25, 0.3) is 11.6 Å². The number of hydrogen-bond donors (Lipinski definition) is 2. The number of hydrogen-bond acceptors (Lipinski definition) is 5. The molecule has 2 rings (SSSR count). The van der Waals surface area contributed by atoms with Crippen molar-refractivity contribution in [1.29, 1.82) is 0 Å². The summed E-state index contributed by atoms with van der Waals surface area (Å²) >= 11 is 0. The first-order valence-electron chi connectivity index (χ1n) is 8.82. The summed E-state index contributed by atoms with van der Waals surface area (Å²) < 4.78 is 0. The molecule has 1 aliphatic rings. The van der Waals surface area contributed by atoms with E-state index in [0.717, 1.165) is 32.4 Å². The van der Waals surface area contributed by atoms with Gasteiger partial charge in [0.1, 0.15) is 5.69 Å². The predicted molar refractivity (Wildman–Crippen MR) is 106 cm³/mol. The number of carbonyl (C=O) groups is 1. The van der Waals surface area contributed by atoms with Gasteiger partial charge >= 0.3 is 0 Å². The fourth-order valence-electron chi connectivity index (χ4n) is 3.47. The van der Waals surface area contributed by atoms with Crippen LogP contribution in [0.3, 0.4) is 0 Å². The molecule has 1 amide bonds. The third-order valence-electron chi connectivity index (χ3n) is 4.61. The van der Waals surface area contributed by atoms with Gasteiger partial charge in [0.05, 0.1) is 4.92 Å². The summed E-state index contributed by atoms with van der Waals surface area (Å²) in [7, 11) is 0. The summed E-state index contributed by atoms with van der Waals surface area (Å²) in [6, 6.07) is 4.71. The SMILES string of the molecule is CC(C)CC(C)(CN)NC(=O)c1ccc(N2CCCC2)c([N+](=O)[O-])c1.Cl. The van der Waals surface area contributed by atoms with Gasteiger partial charge in [-0.2, -0.15) is 0 Å². The molecular formula is C18H29ClN4O3. The Morgan fingerprint density at radius 2 is 2.00 bits per heavy atom. The highest BCUT2D eigenvalue weighted by atomic mass is 35.5. The Kier molecular flexibility index (Phi) is 7.84. The van der Waals surface area contributed by atoms with Crippen LogP contribution in [0.4, 0.5) is 11.4 Å². The molecule has 0 spiro atoms. The molecule has 3 N–H and O–H groups in total. The maximum atomic E-state index is 12.6. The fourth-order valence-corrected chi connectivity index (χ4v) is 3.47. The Labute approximate surface area is 160 Å². The van der Waals surface area contributed by atoms with E-state index in [0.29, 0.717) is 18.2 Å². The van der Waals surface area contributed by atoms with Gasteiger partial charge in [-0.3, -0.25) is 14.9 Å². The van der Waals surface area contributed by atoms with Gasteiger partial charge in [-0.25, -0.2) is 0 Å². The topological polar surface area (TPSA) is 102 Å². The van der Waals surface area contributed by atoms with Crippen molar-refractivity contribution in [3.05, 3.63) is 33.9 Å². The second-order valence-electron chi connectivity index (χ2n) is 7.47. The maximum absolute atomic E-state index is 12.6. The van der Waals surface area contributed by atoms with E-state index >= 15 is 0 Å². The number of nitrogens with two attached hydrogens (primary N) is 1. The van der Waals surface area contributed by atoms with E-state index in [9.17, 15) is 14.9 Å². The maximum Gasteiger partial charge on any atom is 0.293 e. The predicted octanol–water partition coefficient (Wildman–Crippen LogP) is 3.11. The van der Waals surface area contributed by atoms with E-state index in [1.54, 1.807) is 12.1 Å². The molecule has 0 bridgehead atoms. The lowest BCUT2D eigenvalue weighted by atomic mass is 9.90. The normalized spacial score (nSPS) is 16.1. The van der Waals surface area contributed by atoms with Crippen LogP contribution < -0.4 is 16.0 Å². The molecule has 7 nitrogen and oxygen atoms in total. The number of halogens is 1. The number of nitro groups is 1. The van der Waals surface area contributed by atoms with Crippen LogP contribution in [-0.4, -0.2) is 36.0 Å². The quantitative estimate of drug-likeness (QED) is 0.555. The first kappa shape index (κ1) is 22.2. The molecule has 1 aliphatic heterocycles. The van der Waals surface area contributed by atoms with E-state index in [1.165, 1.54) is 6.07 Å². The number of nitrogens with one attached hydrogen (secondary N) is 1. The molecule has 146 valence electrons. The van der Waals surface area contributed by atoms with Crippen LogP contribution in [0.15, 0.2) is 18.2 Å². The average Bonchev–Trinajstić information content (AvgIpc) is 3.07. The number of rotatable bonds is 7. The highest BCUT2D eigenvalue weighted by Crippen LogP contribution is 2.31. The summed E-state index contributed by atoms with van der Waals surface area (Å²) in [6.45, 7) is 7.96. The number of amides is 1. The van der Waals surface area contributed by atoms with Crippen molar-refractivity contribution in [2.45, 2.75) is 45.6 Å². The molecule has 0 aliphatic carbocycles. The summed E-state index contributed by atoms with van der Waals surface area (Å²) in [6.07, 6.45) is 2.80. The van der Waals surface area contributed by atoms with Gasteiger partial charge in [-0.1, -0.05) is 13.8 Å². The number of nitro benzene ring substituents is 1. The molecule has 1 aromatic carbocycles. The van der Waals surface area contributed by atoms with Gasteiger partial charge in [-0.05, 0) is 44.2 Å². The van der Waals surface area contributed by atoms with Gasteiger partial charge in [0, 0.05) is 36.8 Å². The molecule has 1 aromatic rings. The van der Waals surface area contributed by atoms with Crippen molar-refractivity contribution in [3.63, 3.8) is 0 Å². The van der Waals surface area contributed by atoms with Crippen LogP contribution >= 0.6 is 12.4 Å². The molecule has 0 saturated carbocycles. The first-order valence-corrected chi connectivity index (χ1v) is 8.82. The minimum absolute atomic E-state index is 0. The van der Waals surface area contributed by atoms with Crippen LogP contribution in [0.5, 0.6) is 0 Å². The lowest BCUT2D eigenvalue weighted by Gasteiger charge is -2.31. The van der Waals surface area contributed by atoms with Crippen molar-refractivity contribution < 1.29 is 9.72 Å². The van der Waals surface area contributed by atoms with Gasteiger partial charge in [0.15, 0.2) is 0 Å². The average molecular weight is 385 g/mol. The van der Waals surface area contributed by atoms with E-state index in [4.69, 9.17) is 5.73 Å². The second-order valence-corrected chi connectivity index (χ2v) is 7.47. The Morgan fingerprint density at radius 1 is 1.38 bits per heavy atom. The minimum Gasteiger partial charge on any atom is -0.366 e. The smallest absolute Gasteiger partial charge is 0.293 e. The van der Waals surface area contributed by atoms with E-state index in [1.807, 2.05) is 11.8 Å². The highest BCUT2D eigenvalue weighted by molar-refractivity contribution is 5.96. The van der Waals surface area contributed by atoms with Crippen LogP contribution in [0.25, 0.3) is 0 Å². The van der Waals surface area contributed by atoms with Gasteiger partial charge < -0.3 is 16.0 Å². The van der Waals surface area contributed by atoms with Gasteiger partial charge in [-0.15, -0.1) is 12.4 Å². The molecule has 0 radical (unpaired) electrons. The molecule has 1 heterocycles. The third kappa shape index (κ3) is 5.32. The number of carbonyl (C=O) groups excluding carboxylic acids is 1. The largest absolute Gasteiger partial charge is 0.366 e. The lowest BCUT2D eigenvalue weighted by Crippen LogP contribution is -2.52. The highest BCUT2D eigenvalue weighted by Gasteiger charge is 2.28. The summed E-state index contributed by atoms with van der Waals surface area (Å²) in [5, 5.41) is 14.4. The summed E-state index contributed by atoms with van der Waals surface area (Å²) in [5.41, 5.74) is 6.16. The zero-order valence-electron chi connectivity index (χ0n) is 15.7.